The number of carbonyl (C=O) groups is 1. The van der Waals surface area contributed by atoms with Gasteiger partial charge >= 0.3 is 0 Å². The van der Waals surface area contributed by atoms with Gasteiger partial charge in [0.15, 0.2) is 0 Å². The predicted molar refractivity (Wildman–Crippen MR) is 53.9 cm³/mol. The van der Waals surface area contributed by atoms with Crippen LogP contribution in [0.2, 0.25) is 0 Å². The molecule has 1 aliphatic carbocycles. The van der Waals surface area contributed by atoms with Crippen LogP contribution in [-0.2, 0) is 4.79 Å². The molecular formula is C11H18N2O. The van der Waals surface area contributed by atoms with Gasteiger partial charge < -0.3 is 4.90 Å². The van der Waals surface area contributed by atoms with Crippen molar-refractivity contribution in [2.24, 2.45) is 5.92 Å². The van der Waals surface area contributed by atoms with Crippen LogP contribution < -0.4 is 0 Å². The van der Waals surface area contributed by atoms with Crippen LogP contribution in [-0.4, -0.2) is 46.9 Å². The number of amides is 1. The Kier molecular flexibility index (Phi) is 1.69. The number of fused-ring (bicyclic) bond motifs is 1. The van der Waals surface area contributed by atoms with E-state index >= 15 is 0 Å². The third-order valence-corrected chi connectivity index (χ3v) is 4.27. The lowest BCUT2D eigenvalue weighted by Gasteiger charge is -2.65. The molecule has 1 amide bonds. The summed E-state index contributed by atoms with van der Waals surface area (Å²) in [4.78, 5) is 15.8. The second-order valence-corrected chi connectivity index (χ2v) is 5.23. The van der Waals surface area contributed by atoms with Gasteiger partial charge in [-0.25, -0.2) is 0 Å². The van der Waals surface area contributed by atoms with Gasteiger partial charge in [-0.2, -0.15) is 0 Å². The molecule has 3 fully saturated rings. The smallest absolute Gasteiger partial charge is 0.219 e. The molecular weight excluding hydrogens is 176 g/mol. The summed E-state index contributed by atoms with van der Waals surface area (Å²) in [6, 6.07) is 2.14. The number of likely N-dealkylation sites (tertiary alicyclic amines) is 2. The topological polar surface area (TPSA) is 23.6 Å². The summed E-state index contributed by atoms with van der Waals surface area (Å²) in [5.74, 6) is 1.19. The zero-order valence-corrected chi connectivity index (χ0v) is 8.94. The average molecular weight is 194 g/mol. The summed E-state index contributed by atoms with van der Waals surface area (Å²) in [5, 5.41) is 0. The van der Waals surface area contributed by atoms with Gasteiger partial charge in [-0.3, -0.25) is 9.69 Å². The van der Waals surface area contributed by atoms with Crippen molar-refractivity contribution in [3.05, 3.63) is 0 Å². The molecule has 14 heavy (non-hydrogen) atoms. The molecule has 0 radical (unpaired) electrons. The Morgan fingerprint density at radius 2 is 1.93 bits per heavy atom. The van der Waals surface area contributed by atoms with Crippen LogP contribution in [0.5, 0.6) is 0 Å². The minimum absolute atomic E-state index is 0.257. The Morgan fingerprint density at radius 3 is 2.36 bits per heavy atom. The summed E-state index contributed by atoms with van der Waals surface area (Å²) in [6.07, 6.45) is 2.76. The van der Waals surface area contributed by atoms with Crippen LogP contribution >= 0.6 is 0 Å². The molecule has 78 valence electrons. The minimum atomic E-state index is 0.257. The quantitative estimate of drug-likeness (QED) is 0.613. The fourth-order valence-corrected chi connectivity index (χ4v) is 3.20. The van der Waals surface area contributed by atoms with E-state index in [-0.39, 0.29) is 5.91 Å². The molecule has 3 rings (SSSR count). The van der Waals surface area contributed by atoms with E-state index in [1.54, 1.807) is 6.92 Å². The maximum atomic E-state index is 11.1. The Balaban J connectivity index is 1.53. The largest absolute Gasteiger partial charge is 0.335 e. The fourth-order valence-electron chi connectivity index (χ4n) is 3.20. The van der Waals surface area contributed by atoms with Crippen LogP contribution in [0, 0.1) is 5.92 Å². The summed E-state index contributed by atoms with van der Waals surface area (Å²) in [7, 11) is 0. The number of piperazine rings is 1. The lowest BCUT2D eigenvalue weighted by molar-refractivity contribution is -0.177. The van der Waals surface area contributed by atoms with Crippen LogP contribution in [0.25, 0.3) is 0 Å². The molecule has 2 atom stereocenters. The van der Waals surface area contributed by atoms with Crippen molar-refractivity contribution in [3.8, 4) is 0 Å². The van der Waals surface area contributed by atoms with Crippen molar-refractivity contribution in [1.82, 2.24) is 9.80 Å². The van der Waals surface area contributed by atoms with Crippen molar-refractivity contribution in [1.29, 1.82) is 0 Å². The standard InChI is InChI=1S/C11H18N2O/c1-7-3-9(4-7)13-6-10-11(13)5-12(10)8(2)14/h7,9-11H,3-6H2,1-2H3. The highest BCUT2D eigenvalue weighted by Crippen LogP contribution is 2.41. The van der Waals surface area contributed by atoms with Crippen molar-refractivity contribution >= 4 is 5.91 Å². The van der Waals surface area contributed by atoms with Gasteiger partial charge in [0.05, 0.1) is 6.04 Å². The normalized spacial score (nSPS) is 46.0. The Labute approximate surface area is 85.1 Å². The van der Waals surface area contributed by atoms with Crippen LogP contribution in [0.15, 0.2) is 0 Å². The minimum Gasteiger partial charge on any atom is -0.335 e. The van der Waals surface area contributed by atoms with Crippen LogP contribution in [0.1, 0.15) is 26.7 Å². The van der Waals surface area contributed by atoms with Crippen molar-refractivity contribution in [2.75, 3.05) is 13.1 Å². The SMILES string of the molecule is CC(=O)N1CC2C1CN2C1CC(C)C1. The van der Waals surface area contributed by atoms with E-state index in [4.69, 9.17) is 0 Å². The first-order valence-electron chi connectivity index (χ1n) is 5.69. The van der Waals surface area contributed by atoms with E-state index in [9.17, 15) is 4.79 Å². The summed E-state index contributed by atoms with van der Waals surface area (Å²) >= 11 is 0. The molecule has 0 N–H and O–H groups in total. The van der Waals surface area contributed by atoms with Gasteiger partial charge in [0.1, 0.15) is 0 Å². The zero-order valence-electron chi connectivity index (χ0n) is 8.94. The summed E-state index contributed by atoms with van der Waals surface area (Å²) in [5.41, 5.74) is 0. The molecule has 1 saturated carbocycles. The Hall–Kier alpha value is -0.570. The Bertz CT molecular complexity index is 272. The second kappa shape index (κ2) is 2.72. The van der Waals surface area contributed by atoms with Gasteiger partial charge in [0, 0.05) is 32.1 Å². The highest BCUT2D eigenvalue weighted by molar-refractivity contribution is 5.75. The van der Waals surface area contributed by atoms with E-state index in [0.29, 0.717) is 6.04 Å². The van der Waals surface area contributed by atoms with Gasteiger partial charge in [-0.15, -0.1) is 0 Å². The summed E-state index contributed by atoms with van der Waals surface area (Å²) in [6.45, 7) is 6.15. The number of hydrogen-bond acceptors (Lipinski definition) is 2. The van der Waals surface area contributed by atoms with Crippen LogP contribution in [0.4, 0.5) is 0 Å². The first kappa shape index (κ1) is 8.72. The third-order valence-electron chi connectivity index (χ3n) is 4.27. The van der Waals surface area contributed by atoms with Crippen LogP contribution in [0.3, 0.4) is 0 Å². The number of carbonyl (C=O) groups excluding carboxylic acids is 1. The molecule has 0 aromatic rings. The molecule has 2 saturated heterocycles. The van der Waals surface area contributed by atoms with Crippen molar-refractivity contribution in [2.45, 2.75) is 44.8 Å². The number of hydrogen-bond donors (Lipinski definition) is 0. The van der Waals surface area contributed by atoms with Gasteiger partial charge in [0.25, 0.3) is 0 Å². The fraction of sp³-hybridized carbons (Fsp3) is 0.909. The van der Waals surface area contributed by atoms with E-state index in [0.717, 1.165) is 31.1 Å². The lowest BCUT2D eigenvalue weighted by atomic mass is 9.74. The van der Waals surface area contributed by atoms with Gasteiger partial charge in [0.2, 0.25) is 5.91 Å². The second-order valence-electron chi connectivity index (χ2n) is 5.23. The first-order chi connectivity index (χ1) is 6.66. The predicted octanol–water partition coefficient (Wildman–Crippen LogP) is 0.700. The van der Waals surface area contributed by atoms with Gasteiger partial charge in [-0.1, -0.05) is 6.92 Å². The molecule has 0 aromatic carbocycles. The van der Waals surface area contributed by atoms with Gasteiger partial charge in [-0.05, 0) is 18.8 Å². The molecule has 3 aliphatic rings. The lowest BCUT2D eigenvalue weighted by Crippen LogP contribution is -2.81. The number of rotatable bonds is 1. The first-order valence-corrected chi connectivity index (χ1v) is 5.69. The zero-order chi connectivity index (χ0) is 9.87. The average Bonchev–Trinajstić information content (AvgIpc) is 2.03. The molecule has 3 nitrogen and oxygen atoms in total. The highest BCUT2D eigenvalue weighted by Gasteiger charge is 2.55. The molecule has 0 spiro atoms. The number of nitrogens with zero attached hydrogens (tertiary/aromatic N) is 2. The molecule has 2 unspecified atom stereocenters. The van der Waals surface area contributed by atoms with Crippen molar-refractivity contribution in [3.63, 3.8) is 0 Å². The molecule has 0 aromatic heterocycles. The van der Waals surface area contributed by atoms with E-state index < -0.39 is 0 Å². The van der Waals surface area contributed by atoms with Crippen molar-refractivity contribution < 1.29 is 4.79 Å². The monoisotopic (exact) mass is 194 g/mol. The molecule has 3 heteroatoms. The summed E-state index contributed by atoms with van der Waals surface area (Å²) < 4.78 is 0. The maximum absolute atomic E-state index is 11.1. The Morgan fingerprint density at radius 1 is 1.21 bits per heavy atom. The van der Waals surface area contributed by atoms with E-state index in [2.05, 4.69) is 11.8 Å². The van der Waals surface area contributed by atoms with E-state index in [1.807, 2.05) is 4.90 Å². The molecule has 0 bridgehead atoms. The highest BCUT2D eigenvalue weighted by atomic mass is 16.2. The third kappa shape index (κ3) is 0.991. The maximum Gasteiger partial charge on any atom is 0.219 e. The molecule has 2 heterocycles. The van der Waals surface area contributed by atoms with E-state index in [1.165, 1.54) is 12.8 Å². The molecule has 2 aliphatic heterocycles.